The monoisotopic (exact) mass is 367 g/mol. The number of fused-ring (bicyclic) bond motifs is 1. The topological polar surface area (TPSA) is 122 Å². The lowest BCUT2D eigenvalue weighted by molar-refractivity contribution is 0.582. The van der Waals surface area contributed by atoms with Crippen molar-refractivity contribution in [2.45, 2.75) is 20.4 Å². The molecule has 8 heteroatoms. The first-order valence-corrected chi connectivity index (χ1v) is 9.36. The third kappa shape index (κ3) is 3.70. The van der Waals surface area contributed by atoms with Gasteiger partial charge < -0.3 is 0 Å². The summed E-state index contributed by atoms with van der Waals surface area (Å²) in [6, 6.07) is 9.69. The lowest BCUT2D eigenvalue weighted by Gasteiger charge is -2.11. The zero-order valence-corrected chi connectivity index (χ0v) is 15.1. The van der Waals surface area contributed by atoms with E-state index in [0.717, 1.165) is 33.2 Å². The van der Waals surface area contributed by atoms with Crippen molar-refractivity contribution in [2.24, 2.45) is 5.14 Å². The molecule has 2 heterocycles. The Kier molecular flexibility index (Phi) is 4.70. The highest BCUT2D eigenvalue weighted by molar-refractivity contribution is 7.87. The molecular formula is C18H17N5O2S. The minimum absolute atomic E-state index is 0.000381. The molecule has 2 aromatic heterocycles. The molecule has 3 rings (SSSR count). The van der Waals surface area contributed by atoms with Gasteiger partial charge in [0.25, 0.3) is 10.2 Å². The van der Waals surface area contributed by atoms with Gasteiger partial charge in [-0.15, -0.1) is 0 Å². The van der Waals surface area contributed by atoms with Crippen LogP contribution < -0.4 is 9.86 Å². The van der Waals surface area contributed by atoms with Gasteiger partial charge in [0.15, 0.2) is 0 Å². The zero-order valence-electron chi connectivity index (χ0n) is 14.3. The lowest BCUT2D eigenvalue weighted by atomic mass is 9.95. The molecule has 0 amide bonds. The molecule has 0 bridgehead atoms. The number of benzene rings is 1. The van der Waals surface area contributed by atoms with E-state index in [2.05, 4.69) is 20.8 Å². The number of hydrogen-bond donors (Lipinski definition) is 2. The fourth-order valence-electron chi connectivity index (χ4n) is 2.70. The number of nitrogens with two attached hydrogens (primary N) is 1. The molecule has 0 saturated heterocycles. The average molecular weight is 367 g/mol. The summed E-state index contributed by atoms with van der Waals surface area (Å²) >= 11 is 0. The van der Waals surface area contributed by atoms with Crippen LogP contribution in [0.25, 0.3) is 22.0 Å². The highest BCUT2D eigenvalue weighted by atomic mass is 32.2. The summed E-state index contributed by atoms with van der Waals surface area (Å²) < 4.78 is 24.1. The minimum Gasteiger partial charge on any atom is -0.259 e. The molecule has 0 spiro atoms. The van der Waals surface area contributed by atoms with Crippen LogP contribution in [0.3, 0.4) is 0 Å². The second-order valence-corrected chi connectivity index (χ2v) is 7.40. The minimum atomic E-state index is -3.77. The molecule has 3 aromatic rings. The predicted molar refractivity (Wildman–Crippen MR) is 99.1 cm³/mol. The summed E-state index contributed by atoms with van der Waals surface area (Å²) in [6.07, 6.45) is 3.17. The Bertz CT molecular complexity index is 1130. The summed E-state index contributed by atoms with van der Waals surface area (Å²) in [5, 5.41) is 15.3. The standard InChI is InChI=1S/C18H17N5O2S/c1-11-5-16-17(6-12(11)2)22-9-14(7-19)18(16)13-3-4-15(21-8-13)10-23-26(20,24)25/h3-6,8-9,23H,10H2,1-2H3,(H2,20,24,25). The summed E-state index contributed by atoms with van der Waals surface area (Å²) in [5.41, 5.74) is 5.54. The number of hydrogen-bond acceptors (Lipinski definition) is 5. The summed E-state index contributed by atoms with van der Waals surface area (Å²) in [7, 11) is -3.77. The van der Waals surface area contributed by atoms with Crippen molar-refractivity contribution in [2.75, 3.05) is 0 Å². The molecule has 1 aromatic carbocycles. The third-order valence-corrected chi connectivity index (χ3v) is 4.72. The number of rotatable bonds is 4. The van der Waals surface area contributed by atoms with Gasteiger partial charge in [0.1, 0.15) is 6.07 Å². The summed E-state index contributed by atoms with van der Waals surface area (Å²) in [5.74, 6) is 0. The molecule has 0 aliphatic heterocycles. The SMILES string of the molecule is Cc1cc2ncc(C#N)c(-c3ccc(CNS(N)(=O)=O)nc3)c2cc1C. The number of pyridine rings is 2. The van der Waals surface area contributed by atoms with Crippen LogP contribution in [0.15, 0.2) is 36.7 Å². The highest BCUT2D eigenvalue weighted by Crippen LogP contribution is 2.32. The van der Waals surface area contributed by atoms with E-state index in [0.29, 0.717) is 11.3 Å². The van der Waals surface area contributed by atoms with Gasteiger partial charge in [0, 0.05) is 28.9 Å². The van der Waals surface area contributed by atoms with Crippen LogP contribution in [0.1, 0.15) is 22.4 Å². The maximum atomic E-state index is 11.0. The molecule has 0 aliphatic carbocycles. The van der Waals surface area contributed by atoms with E-state index in [9.17, 15) is 13.7 Å². The second kappa shape index (κ2) is 6.80. The molecule has 0 radical (unpaired) electrons. The Labute approximate surface area is 151 Å². The van der Waals surface area contributed by atoms with Crippen molar-refractivity contribution in [1.82, 2.24) is 14.7 Å². The molecule has 0 unspecified atom stereocenters. The third-order valence-electron chi connectivity index (χ3n) is 4.17. The van der Waals surface area contributed by atoms with Gasteiger partial charge in [0.2, 0.25) is 0 Å². The molecule has 132 valence electrons. The second-order valence-electron chi connectivity index (χ2n) is 6.02. The van der Waals surface area contributed by atoms with E-state index in [1.54, 1.807) is 24.5 Å². The number of nitrogens with one attached hydrogen (secondary N) is 1. The first kappa shape index (κ1) is 17.9. The van der Waals surface area contributed by atoms with Crippen molar-refractivity contribution in [3.8, 4) is 17.2 Å². The van der Waals surface area contributed by atoms with Crippen LogP contribution in [-0.2, 0) is 16.8 Å². The van der Waals surface area contributed by atoms with Crippen LogP contribution in [0.2, 0.25) is 0 Å². The van der Waals surface area contributed by atoms with Gasteiger partial charge in [-0.25, -0.2) is 5.14 Å². The number of nitrogens with zero attached hydrogens (tertiary/aromatic N) is 3. The van der Waals surface area contributed by atoms with E-state index in [4.69, 9.17) is 5.14 Å². The van der Waals surface area contributed by atoms with Crippen LogP contribution in [-0.4, -0.2) is 18.4 Å². The van der Waals surface area contributed by atoms with Crippen LogP contribution in [0, 0.1) is 25.2 Å². The van der Waals surface area contributed by atoms with Crippen LogP contribution >= 0.6 is 0 Å². The zero-order chi connectivity index (χ0) is 18.9. The number of nitriles is 1. The van der Waals surface area contributed by atoms with E-state index in [-0.39, 0.29) is 6.54 Å². The van der Waals surface area contributed by atoms with Gasteiger partial charge in [0.05, 0.1) is 23.3 Å². The quantitative estimate of drug-likeness (QED) is 0.731. The molecule has 3 N–H and O–H groups in total. The van der Waals surface area contributed by atoms with E-state index in [1.165, 1.54) is 0 Å². The van der Waals surface area contributed by atoms with Crippen molar-refractivity contribution in [3.63, 3.8) is 0 Å². The number of aromatic nitrogens is 2. The predicted octanol–water partition coefficient (Wildman–Crippen LogP) is 2.08. The van der Waals surface area contributed by atoms with Crippen LogP contribution in [0.5, 0.6) is 0 Å². The van der Waals surface area contributed by atoms with Crippen molar-refractivity contribution >= 4 is 21.1 Å². The molecule has 0 saturated carbocycles. The summed E-state index contributed by atoms with van der Waals surface area (Å²) in [4.78, 5) is 8.65. The smallest absolute Gasteiger partial charge is 0.259 e. The van der Waals surface area contributed by atoms with Crippen LogP contribution in [0.4, 0.5) is 0 Å². The first-order valence-electron chi connectivity index (χ1n) is 7.81. The Morgan fingerprint density at radius 1 is 1.15 bits per heavy atom. The fourth-order valence-corrected chi connectivity index (χ4v) is 3.05. The molecule has 26 heavy (non-hydrogen) atoms. The maximum absolute atomic E-state index is 11.0. The Hall–Kier alpha value is -2.86. The van der Waals surface area contributed by atoms with E-state index >= 15 is 0 Å². The number of aryl methyl sites for hydroxylation is 2. The lowest BCUT2D eigenvalue weighted by Crippen LogP contribution is -2.30. The molecule has 0 aliphatic rings. The van der Waals surface area contributed by atoms with E-state index in [1.807, 2.05) is 26.0 Å². The first-order chi connectivity index (χ1) is 12.3. The van der Waals surface area contributed by atoms with E-state index < -0.39 is 10.2 Å². The van der Waals surface area contributed by atoms with Gasteiger partial charge in [-0.3, -0.25) is 9.97 Å². The molecule has 0 fully saturated rings. The summed E-state index contributed by atoms with van der Waals surface area (Å²) in [6.45, 7) is 4.03. The normalized spacial score (nSPS) is 11.5. The largest absolute Gasteiger partial charge is 0.274 e. The molecule has 0 atom stereocenters. The van der Waals surface area contributed by atoms with Crippen molar-refractivity contribution in [1.29, 1.82) is 5.26 Å². The fraction of sp³-hybridized carbons (Fsp3) is 0.167. The van der Waals surface area contributed by atoms with Gasteiger partial charge >= 0.3 is 0 Å². The molecular weight excluding hydrogens is 350 g/mol. The Morgan fingerprint density at radius 2 is 1.88 bits per heavy atom. The highest BCUT2D eigenvalue weighted by Gasteiger charge is 2.13. The van der Waals surface area contributed by atoms with Crippen molar-refractivity contribution < 1.29 is 8.42 Å². The average Bonchev–Trinajstić information content (AvgIpc) is 2.60. The Morgan fingerprint density at radius 3 is 2.50 bits per heavy atom. The maximum Gasteiger partial charge on any atom is 0.274 e. The van der Waals surface area contributed by atoms with Gasteiger partial charge in [-0.2, -0.15) is 18.4 Å². The molecule has 7 nitrogen and oxygen atoms in total. The van der Waals surface area contributed by atoms with Gasteiger partial charge in [-0.05, 0) is 43.2 Å². The van der Waals surface area contributed by atoms with Gasteiger partial charge in [-0.1, -0.05) is 6.07 Å². The Balaban J connectivity index is 2.09. The van der Waals surface area contributed by atoms with Crippen molar-refractivity contribution in [3.05, 3.63) is 59.0 Å².